The van der Waals surface area contributed by atoms with Gasteiger partial charge in [0.05, 0.1) is 19.1 Å². The summed E-state index contributed by atoms with van der Waals surface area (Å²) in [7, 11) is 0. The zero-order valence-electron chi connectivity index (χ0n) is 15.1. The van der Waals surface area contributed by atoms with E-state index in [9.17, 15) is 10.0 Å². The highest BCUT2D eigenvalue weighted by atomic mass is 16.5. The van der Waals surface area contributed by atoms with Crippen LogP contribution in [0.5, 0.6) is 0 Å². The van der Waals surface area contributed by atoms with E-state index < -0.39 is 0 Å². The van der Waals surface area contributed by atoms with Crippen molar-refractivity contribution in [2.45, 2.75) is 25.7 Å². The van der Waals surface area contributed by atoms with Gasteiger partial charge in [-0.1, -0.05) is 43.3 Å². The molecular weight excluding hydrogens is 342 g/mol. The highest BCUT2D eigenvalue weighted by molar-refractivity contribution is 5.86. The molecule has 0 aliphatic carbocycles. The van der Waals surface area contributed by atoms with Gasteiger partial charge in [0.1, 0.15) is 11.2 Å². The Labute approximate surface area is 156 Å². The molecule has 0 fully saturated rings. The molecule has 0 radical (unpaired) electrons. The average molecular weight is 363 g/mol. The summed E-state index contributed by atoms with van der Waals surface area (Å²) in [5.74, 6) is -0.564. The summed E-state index contributed by atoms with van der Waals surface area (Å²) in [6.45, 7) is 2.04. The minimum Gasteiger partial charge on any atom is -0.464 e. The van der Waals surface area contributed by atoms with Gasteiger partial charge < -0.3 is 8.83 Å². The lowest BCUT2D eigenvalue weighted by Crippen LogP contribution is -2.31. The second kappa shape index (κ2) is 7.29. The maximum absolute atomic E-state index is 12.2. The molecule has 5 nitrogen and oxygen atoms in total. The van der Waals surface area contributed by atoms with Gasteiger partial charge in [-0.05, 0) is 18.6 Å². The number of benzene rings is 2. The number of hydrogen-bond donors (Lipinski definition) is 1. The Morgan fingerprint density at radius 3 is 2.00 bits per heavy atom. The van der Waals surface area contributed by atoms with E-state index in [0.29, 0.717) is 12.8 Å². The van der Waals surface area contributed by atoms with Gasteiger partial charge in [0, 0.05) is 34.2 Å². The molecule has 4 aromatic rings. The molecule has 0 saturated heterocycles. The first-order chi connectivity index (χ1) is 13.2. The normalized spacial score (nSPS) is 11.5. The number of para-hydroxylation sites is 2. The predicted octanol–water partition coefficient (Wildman–Crippen LogP) is 5.33. The highest BCUT2D eigenvalue weighted by Gasteiger charge is 2.26. The third kappa shape index (κ3) is 3.22. The fourth-order valence-electron chi connectivity index (χ4n) is 3.52. The fourth-order valence-corrected chi connectivity index (χ4v) is 3.52. The Morgan fingerprint density at radius 1 is 0.963 bits per heavy atom. The van der Waals surface area contributed by atoms with Crippen LogP contribution in [0.4, 0.5) is 0 Å². The molecule has 0 bridgehead atoms. The van der Waals surface area contributed by atoms with Crippen LogP contribution < -0.4 is 0 Å². The smallest absolute Gasteiger partial charge is 0.245 e. The lowest BCUT2D eigenvalue weighted by molar-refractivity contribution is -0.165. The summed E-state index contributed by atoms with van der Waals surface area (Å²) in [5.41, 5.74) is 3.38. The zero-order chi connectivity index (χ0) is 18.8. The molecule has 0 unspecified atom stereocenters. The Balaban J connectivity index is 1.81. The Hall–Kier alpha value is -3.05. The Bertz CT molecular complexity index is 1000. The molecule has 0 spiro atoms. The van der Waals surface area contributed by atoms with Gasteiger partial charge in [0.2, 0.25) is 5.91 Å². The van der Waals surface area contributed by atoms with Crippen molar-refractivity contribution in [1.82, 2.24) is 5.06 Å². The summed E-state index contributed by atoms with van der Waals surface area (Å²) in [6, 6.07) is 15.5. The van der Waals surface area contributed by atoms with Crippen LogP contribution in [0.25, 0.3) is 21.9 Å². The van der Waals surface area contributed by atoms with Gasteiger partial charge in [-0.15, -0.1) is 0 Å². The molecule has 0 saturated carbocycles. The molecule has 2 heterocycles. The first-order valence-corrected chi connectivity index (χ1v) is 9.10. The molecule has 2 aromatic heterocycles. The number of rotatable bonds is 6. The average Bonchev–Trinajstić information content (AvgIpc) is 3.31. The zero-order valence-corrected chi connectivity index (χ0v) is 15.1. The lowest BCUT2D eigenvalue weighted by Gasteiger charge is -2.22. The van der Waals surface area contributed by atoms with Gasteiger partial charge in [-0.2, -0.15) is 0 Å². The largest absolute Gasteiger partial charge is 0.464 e. The molecule has 1 amide bonds. The van der Waals surface area contributed by atoms with Crippen LogP contribution in [0.1, 0.15) is 36.8 Å². The number of amides is 1. The summed E-state index contributed by atoms with van der Waals surface area (Å²) in [6.07, 6.45) is 4.40. The van der Waals surface area contributed by atoms with Crippen molar-refractivity contribution in [2.24, 2.45) is 0 Å². The van der Waals surface area contributed by atoms with E-state index in [0.717, 1.165) is 38.1 Å². The molecule has 0 aliphatic heterocycles. The summed E-state index contributed by atoms with van der Waals surface area (Å²) >= 11 is 0. The fraction of sp³-hybridized carbons (Fsp3) is 0.227. The van der Waals surface area contributed by atoms with Crippen LogP contribution in [-0.2, 0) is 4.79 Å². The first kappa shape index (κ1) is 17.4. The van der Waals surface area contributed by atoms with Crippen molar-refractivity contribution >= 4 is 27.8 Å². The third-order valence-corrected chi connectivity index (χ3v) is 4.88. The van der Waals surface area contributed by atoms with E-state index in [1.807, 2.05) is 55.5 Å². The van der Waals surface area contributed by atoms with Crippen LogP contribution in [-0.4, -0.2) is 22.7 Å². The van der Waals surface area contributed by atoms with Crippen LogP contribution >= 0.6 is 0 Å². The monoisotopic (exact) mass is 363 g/mol. The van der Waals surface area contributed by atoms with Gasteiger partial charge in [0.15, 0.2) is 0 Å². The topological polar surface area (TPSA) is 66.8 Å². The van der Waals surface area contributed by atoms with Crippen molar-refractivity contribution in [3.05, 3.63) is 72.2 Å². The summed E-state index contributed by atoms with van der Waals surface area (Å²) in [4.78, 5) is 12.2. The van der Waals surface area contributed by atoms with E-state index >= 15 is 0 Å². The molecule has 138 valence electrons. The van der Waals surface area contributed by atoms with Gasteiger partial charge in [-0.25, -0.2) is 5.06 Å². The molecular formula is C22H21NO4. The SMILES string of the molecule is CCCC(=O)N(O)CC(c1coc2ccccc12)c1coc2ccccc12. The van der Waals surface area contributed by atoms with E-state index in [4.69, 9.17) is 8.83 Å². The van der Waals surface area contributed by atoms with Crippen molar-refractivity contribution in [3.63, 3.8) is 0 Å². The van der Waals surface area contributed by atoms with Gasteiger partial charge >= 0.3 is 0 Å². The summed E-state index contributed by atoms with van der Waals surface area (Å²) < 4.78 is 11.4. The van der Waals surface area contributed by atoms with E-state index in [1.54, 1.807) is 12.5 Å². The van der Waals surface area contributed by atoms with Crippen molar-refractivity contribution < 1.29 is 18.8 Å². The number of furan rings is 2. The first-order valence-electron chi connectivity index (χ1n) is 9.10. The molecule has 1 N–H and O–H groups in total. The van der Waals surface area contributed by atoms with Crippen molar-refractivity contribution in [2.75, 3.05) is 6.54 Å². The van der Waals surface area contributed by atoms with Crippen LogP contribution in [0.15, 0.2) is 69.9 Å². The van der Waals surface area contributed by atoms with E-state index in [2.05, 4.69) is 0 Å². The standard InChI is InChI=1S/C22H21NO4/c1-2-7-22(24)23(25)12-17(18-13-26-20-10-5-3-8-15(18)20)19-14-27-21-11-6-4-9-16(19)21/h3-6,8-11,13-14,17,25H,2,7,12H2,1H3. The van der Waals surface area contributed by atoms with E-state index in [1.165, 1.54) is 0 Å². The number of hydrogen-bond acceptors (Lipinski definition) is 4. The summed E-state index contributed by atoms with van der Waals surface area (Å²) in [5, 5.41) is 13.1. The highest BCUT2D eigenvalue weighted by Crippen LogP contribution is 2.37. The van der Waals surface area contributed by atoms with Crippen molar-refractivity contribution in [1.29, 1.82) is 0 Å². The number of carbonyl (C=O) groups excluding carboxylic acids is 1. The van der Waals surface area contributed by atoms with Crippen LogP contribution in [0.2, 0.25) is 0 Å². The Morgan fingerprint density at radius 2 is 1.48 bits per heavy atom. The quantitative estimate of drug-likeness (QED) is 0.371. The number of fused-ring (bicyclic) bond motifs is 2. The van der Waals surface area contributed by atoms with E-state index in [-0.39, 0.29) is 18.4 Å². The molecule has 0 aliphatic rings. The maximum atomic E-state index is 12.2. The molecule has 0 atom stereocenters. The Kier molecular flexibility index (Phi) is 4.69. The minimum absolute atomic E-state index is 0.131. The van der Waals surface area contributed by atoms with Crippen molar-refractivity contribution in [3.8, 4) is 0 Å². The van der Waals surface area contributed by atoms with Crippen LogP contribution in [0.3, 0.4) is 0 Å². The van der Waals surface area contributed by atoms with Crippen LogP contribution in [0, 0.1) is 0 Å². The van der Waals surface area contributed by atoms with Gasteiger partial charge in [-0.3, -0.25) is 10.0 Å². The van der Waals surface area contributed by atoms with Gasteiger partial charge in [0.25, 0.3) is 0 Å². The predicted molar refractivity (Wildman–Crippen MR) is 103 cm³/mol. The lowest BCUT2D eigenvalue weighted by atomic mass is 9.90. The number of nitrogens with zero attached hydrogens (tertiary/aromatic N) is 1. The molecule has 4 rings (SSSR count). The molecule has 5 heteroatoms. The second-order valence-corrected chi connectivity index (χ2v) is 6.65. The minimum atomic E-state index is -0.289. The maximum Gasteiger partial charge on any atom is 0.245 e. The third-order valence-electron chi connectivity index (χ3n) is 4.88. The number of carbonyl (C=O) groups is 1. The molecule has 2 aromatic carbocycles. The number of hydroxylamine groups is 2. The second-order valence-electron chi connectivity index (χ2n) is 6.65. The molecule has 27 heavy (non-hydrogen) atoms.